The van der Waals surface area contributed by atoms with E-state index in [2.05, 4.69) is 36.2 Å². The molecule has 278 valence electrons. The zero-order chi connectivity index (χ0) is 35.5. The molecule has 3 aromatic heterocycles. The molecule has 2 aliphatic carbocycles. The highest BCUT2D eigenvalue weighted by Crippen LogP contribution is 2.30. The Morgan fingerprint density at radius 1 is 0.765 bits per heavy atom. The largest absolute Gasteiger partial charge is 0.382 e. The number of pyridine rings is 3. The van der Waals surface area contributed by atoms with E-state index in [1.54, 1.807) is 18.6 Å². The minimum absolute atomic E-state index is 0.0119. The van der Waals surface area contributed by atoms with Crippen LogP contribution in [-0.2, 0) is 19.0 Å². The van der Waals surface area contributed by atoms with Gasteiger partial charge in [-0.3, -0.25) is 14.6 Å². The summed E-state index contributed by atoms with van der Waals surface area (Å²) in [7, 11) is 0. The third-order valence-corrected chi connectivity index (χ3v) is 9.27. The van der Waals surface area contributed by atoms with Crippen molar-refractivity contribution >= 4 is 40.0 Å². The molecule has 0 unspecified atom stereocenters. The van der Waals surface area contributed by atoms with E-state index in [-0.39, 0.29) is 23.8 Å². The van der Waals surface area contributed by atoms with Crippen LogP contribution in [0.1, 0.15) is 87.4 Å². The molecule has 51 heavy (non-hydrogen) atoms. The summed E-state index contributed by atoms with van der Waals surface area (Å²) in [4.78, 5) is 39.6. The molecule has 6 N–H and O–H groups in total. The molecular weight excluding hydrogens is 648 g/mol. The molecule has 3 aromatic rings. The van der Waals surface area contributed by atoms with E-state index in [1.165, 1.54) is 0 Å². The second kappa shape index (κ2) is 21.5. The Hall–Kier alpha value is -3.91. The number of fused-ring (bicyclic) bond motifs is 1. The fourth-order valence-electron chi connectivity index (χ4n) is 6.13. The number of aromatic nitrogens is 3. The first kappa shape index (κ1) is 38.3. The van der Waals surface area contributed by atoms with Crippen LogP contribution in [0.15, 0.2) is 42.9 Å². The van der Waals surface area contributed by atoms with Crippen LogP contribution in [0.25, 0.3) is 10.9 Å². The quantitative estimate of drug-likeness (QED) is 0.0786. The number of carbonyl (C=O) groups is 2. The Morgan fingerprint density at radius 3 is 2.20 bits per heavy atom. The number of ether oxygens (including phenoxy) is 3. The summed E-state index contributed by atoms with van der Waals surface area (Å²) in [6.45, 7) is 5.23. The van der Waals surface area contributed by atoms with Gasteiger partial charge in [0.1, 0.15) is 11.6 Å². The molecule has 0 aromatic carbocycles. The Kier molecular flexibility index (Phi) is 16.1. The fraction of sp³-hybridized carbons (Fsp3) is 0.605. The number of nitrogens with two attached hydrogens (primary N) is 1. The van der Waals surface area contributed by atoms with Gasteiger partial charge in [0.2, 0.25) is 5.91 Å². The average molecular weight is 705 g/mol. The molecule has 2 fully saturated rings. The second-order valence-electron chi connectivity index (χ2n) is 13.5. The van der Waals surface area contributed by atoms with Crippen LogP contribution in [0.4, 0.5) is 17.3 Å². The van der Waals surface area contributed by atoms with Gasteiger partial charge in [-0.25, -0.2) is 9.97 Å². The van der Waals surface area contributed by atoms with Crippen LogP contribution >= 0.6 is 0 Å². The van der Waals surface area contributed by atoms with Crippen LogP contribution in [0.2, 0.25) is 0 Å². The lowest BCUT2D eigenvalue weighted by Gasteiger charge is -2.28. The van der Waals surface area contributed by atoms with Crippen LogP contribution in [0, 0.1) is 5.92 Å². The molecule has 2 aliphatic rings. The average Bonchev–Trinajstić information content (AvgIpc) is 3.97. The third-order valence-electron chi connectivity index (χ3n) is 9.27. The molecule has 3 heterocycles. The van der Waals surface area contributed by atoms with Crippen LogP contribution in [0.5, 0.6) is 0 Å². The smallest absolute Gasteiger partial charge is 0.255 e. The Bertz CT molecular complexity index is 1500. The molecule has 0 aliphatic heterocycles. The number of amides is 2. The van der Waals surface area contributed by atoms with E-state index in [4.69, 9.17) is 19.9 Å². The molecule has 0 bridgehead atoms. The minimum Gasteiger partial charge on any atom is -0.382 e. The molecule has 13 heteroatoms. The number of carbonyl (C=O) groups excluding carboxylic acids is 2. The van der Waals surface area contributed by atoms with Crippen molar-refractivity contribution in [1.82, 2.24) is 25.6 Å². The van der Waals surface area contributed by atoms with Crippen molar-refractivity contribution in [1.29, 1.82) is 0 Å². The number of nitrogens with zero attached hydrogens (tertiary/aromatic N) is 3. The summed E-state index contributed by atoms with van der Waals surface area (Å²) in [5.74, 6) is 1.24. The molecule has 0 atom stereocenters. The van der Waals surface area contributed by atoms with Crippen molar-refractivity contribution in [3.8, 4) is 0 Å². The van der Waals surface area contributed by atoms with Crippen molar-refractivity contribution in [2.75, 3.05) is 63.4 Å². The first-order valence-corrected chi connectivity index (χ1v) is 18.9. The van der Waals surface area contributed by atoms with Crippen LogP contribution in [0.3, 0.4) is 0 Å². The van der Waals surface area contributed by atoms with Gasteiger partial charge in [-0.05, 0) is 102 Å². The predicted molar refractivity (Wildman–Crippen MR) is 199 cm³/mol. The van der Waals surface area contributed by atoms with E-state index in [1.807, 2.05) is 24.3 Å². The summed E-state index contributed by atoms with van der Waals surface area (Å²) >= 11 is 0. The highest BCUT2D eigenvalue weighted by Gasteiger charge is 2.29. The zero-order valence-electron chi connectivity index (χ0n) is 29.9. The van der Waals surface area contributed by atoms with Crippen molar-refractivity contribution < 1.29 is 23.8 Å². The molecular formula is C38H56N8O5. The number of unbranched alkanes of at least 4 members (excludes halogenated alkanes) is 4. The zero-order valence-corrected chi connectivity index (χ0v) is 29.9. The summed E-state index contributed by atoms with van der Waals surface area (Å²) in [6.07, 6.45) is 16.4. The highest BCUT2D eigenvalue weighted by molar-refractivity contribution is 6.00. The summed E-state index contributed by atoms with van der Waals surface area (Å²) in [5.41, 5.74) is 7.60. The fourth-order valence-corrected chi connectivity index (χ4v) is 6.13. The van der Waals surface area contributed by atoms with Gasteiger partial charge >= 0.3 is 0 Å². The first-order chi connectivity index (χ1) is 25.1. The Labute approximate surface area is 301 Å². The lowest BCUT2D eigenvalue weighted by molar-refractivity contribution is -0.126. The SMILES string of the molecule is NCCCCCOCCOCCOCCCCCNC(=O)C1CCC(NC(=O)c2cnc(Nc3ccc4cnccc4n3)cc2NC2CC2)CC1. The number of hydrogen-bond donors (Lipinski definition) is 5. The summed E-state index contributed by atoms with van der Waals surface area (Å²) < 4.78 is 16.7. The maximum absolute atomic E-state index is 13.4. The molecule has 5 rings (SSSR count). The van der Waals surface area contributed by atoms with E-state index in [0.29, 0.717) is 62.8 Å². The van der Waals surface area contributed by atoms with Gasteiger partial charge in [-0.2, -0.15) is 0 Å². The van der Waals surface area contributed by atoms with Gasteiger partial charge in [0.25, 0.3) is 5.91 Å². The first-order valence-electron chi connectivity index (χ1n) is 18.9. The molecule has 0 radical (unpaired) electrons. The maximum atomic E-state index is 13.4. The lowest BCUT2D eigenvalue weighted by atomic mass is 9.85. The van der Waals surface area contributed by atoms with Crippen LogP contribution in [-0.4, -0.2) is 91.6 Å². The number of hydrogen-bond acceptors (Lipinski definition) is 11. The monoisotopic (exact) mass is 704 g/mol. The molecule has 0 saturated heterocycles. The number of anilines is 3. The molecule has 2 amide bonds. The van der Waals surface area contributed by atoms with Gasteiger partial charge in [-0.15, -0.1) is 0 Å². The van der Waals surface area contributed by atoms with Gasteiger partial charge in [0, 0.05) is 67.8 Å². The Balaban J connectivity index is 0.926. The van der Waals surface area contributed by atoms with E-state index in [9.17, 15) is 9.59 Å². The highest BCUT2D eigenvalue weighted by atomic mass is 16.5. The Morgan fingerprint density at radius 2 is 1.47 bits per heavy atom. The third kappa shape index (κ3) is 13.6. The van der Waals surface area contributed by atoms with Gasteiger partial charge in [0.15, 0.2) is 0 Å². The van der Waals surface area contributed by atoms with Crippen LogP contribution < -0.4 is 27.0 Å². The normalized spacial score (nSPS) is 17.3. The van der Waals surface area contributed by atoms with Crippen molar-refractivity contribution in [3.63, 3.8) is 0 Å². The van der Waals surface area contributed by atoms with E-state index >= 15 is 0 Å². The standard InChI is InChI=1S/C38H56N8O5/c39-16-3-1-5-19-49-21-23-51-24-22-50-20-6-2-4-17-41-37(47)28-7-10-31(11-8-28)44-38(48)32-27-42-36(25-34(32)43-30-12-13-30)46-35-14-9-29-26-40-18-15-33(29)45-35/h9,14-15,18,25-28,30-31H,1-8,10-13,16-17,19-24,39H2,(H,41,47)(H,44,48)(H2,42,43,45,46). The molecule has 13 nitrogen and oxygen atoms in total. The molecule has 0 spiro atoms. The number of nitrogens with one attached hydrogen (secondary N) is 4. The molecule has 2 saturated carbocycles. The van der Waals surface area contributed by atoms with Crippen molar-refractivity contribution in [3.05, 3.63) is 48.4 Å². The predicted octanol–water partition coefficient (Wildman–Crippen LogP) is 5.10. The van der Waals surface area contributed by atoms with Crippen molar-refractivity contribution in [2.24, 2.45) is 11.7 Å². The summed E-state index contributed by atoms with van der Waals surface area (Å²) in [5, 5.41) is 14.0. The van der Waals surface area contributed by atoms with Gasteiger partial charge in [-0.1, -0.05) is 0 Å². The van der Waals surface area contributed by atoms with Gasteiger partial charge < -0.3 is 41.2 Å². The maximum Gasteiger partial charge on any atom is 0.255 e. The summed E-state index contributed by atoms with van der Waals surface area (Å²) in [6, 6.07) is 7.99. The topological polar surface area (TPSA) is 175 Å². The second-order valence-corrected chi connectivity index (χ2v) is 13.5. The van der Waals surface area contributed by atoms with E-state index < -0.39 is 0 Å². The van der Waals surface area contributed by atoms with E-state index in [0.717, 1.165) is 107 Å². The van der Waals surface area contributed by atoms with Gasteiger partial charge in [0.05, 0.1) is 43.2 Å². The minimum atomic E-state index is -0.146. The lowest BCUT2D eigenvalue weighted by Crippen LogP contribution is -2.41. The number of rotatable bonds is 24. The van der Waals surface area contributed by atoms with Crippen molar-refractivity contribution in [2.45, 2.75) is 89.1 Å².